The van der Waals surface area contributed by atoms with E-state index in [9.17, 15) is 4.79 Å². The molecule has 1 heterocycles. The Morgan fingerprint density at radius 1 is 1.10 bits per heavy atom. The number of rotatable bonds is 2. The summed E-state index contributed by atoms with van der Waals surface area (Å²) in [6, 6.07) is 0. The van der Waals surface area contributed by atoms with E-state index in [1.807, 2.05) is 0 Å². The van der Waals surface area contributed by atoms with Crippen molar-refractivity contribution in [2.45, 2.75) is 50.4 Å². The molecule has 0 amide bonds. The highest BCUT2D eigenvalue weighted by Gasteiger charge is 2.63. The average Bonchev–Trinajstić information content (AvgIpc) is 2.45. The maximum atomic E-state index is 12.0. The number of hydrogen-bond donors (Lipinski definition) is 0. The van der Waals surface area contributed by atoms with Crippen molar-refractivity contribution in [1.29, 1.82) is 0 Å². The Kier molecular flexibility index (Phi) is 3.15. The molecule has 5 aliphatic rings. The Hall–Kier alpha value is 0.150. The molecule has 0 radical (unpaired) electrons. The summed E-state index contributed by atoms with van der Waals surface area (Å²) in [5.74, 6) is 2.06. The van der Waals surface area contributed by atoms with Crippen LogP contribution in [0.4, 0.5) is 0 Å². The molecule has 1 spiro atoms. The van der Waals surface area contributed by atoms with E-state index in [1.54, 1.807) is 6.92 Å². The van der Waals surface area contributed by atoms with Crippen LogP contribution >= 0.6 is 20.7 Å². The zero-order valence-electron chi connectivity index (χ0n) is 11.8. The first-order valence-electron chi connectivity index (χ1n) is 7.49. The Balaban J connectivity index is 1.56. The molecule has 1 aliphatic heterocycles. The molecule has 0 aromatic rings. The summed E-state index contributed by atoms with van der Waals surface area (Å²) in [5, 5.41) is 0. The van der Waals surface area contributed by atoms with Crippen LogP contribution in [0.2, 0.25) is 0 Å². The van der Waals surface area contributed by atoms with Gasteiger partial charge in [-0.1, -0.05) is 4.51 Å². The van der Waals surface area contributed by atoms with E-state index in [0.717, 1.165) is 11.8 Å². The monoisotopic (exact) mass is 392 g/mol. The van der Waals surface area contributed by atoms with Crippen molar-refractivity contribution < 1.29 is 19.3 Å². The lowest BCUT2D eigenvalue weighted by Gasteiger charge is -2.60. The van der Waals surface area contributed by atoms with Crippen molar-refractivity contribution in [3.05, 3.63) is 0 Å². The summed E-state index contributed by atoms with van der Waals surface area (Å²) in [6.45, 7) is 2.09. The second-order valence-electron chi connectivity index (χ2n) is 7.12. The Labute approximate surface area is 129 Å². The zero-order valence-corrected chi connectivity index (χ0v) is 13.9. The number of carbonyl (C=O) groups is 1. The largest absolute Gasteiger partial charge is 0.343 e. The van der Waals surface area contributed by atoms with E-state index in [-0.39, 0.29) is 3.79 Å². The Morgan fingerprint density at radius 3 is 2.15 bits per heavy atom. The van der Waals surface area contributed by atoms with E-state index >= 15 is 0 Å². The standard InChI is InChI=1S/C15H21IO4/c1-14(13(17)16-2)8-18-15(20-19-14)11-4-9-3-10(6-11)7-12(15)5-9/h9-12H,2-8H2,1H3. The molecule has 1 unspecified atom stereocenters. The molecular weight excluding hydrogens is 371 g/mol. The average molecular weight is 392 g/mol. The normalized spacial score (nSPS) is 53.5. The van der Waals surface area contributed by atoms with Crippen LogP contribution in [0.1, 0.15) is 39.0 Å². The van der Waals surface area contributed by atoms with Crippen LogP contribution in [0.3, 0.4) is 0 Å². The lowest BCUT2D eigenvalue weighted by Crippen LogP contribution is -2.65. The maximum absolute atomic E-state index is 12.0. The fraction of sp³-hybridized carbons (Fsp3) is 0.867. The van der Waals surface area contributed by atoms with E-state index in [2.05, 4.69) is 4.51 Å². The van der Waals surface area contributed by atoms with Crippen LogP contribution < -0.4 is 0 Å². The van der Waals surface area contributed by atoms with Crippen LogP contribution in [-0.2, 0) is 19.3 Å². The van der Waals surface area contributed by atoms with Crippen LogP contribution in [0.25, 0.3) is 0 Å². The molecule has 4 aliphatic carbocycles. The molecule has 0 aromatic heterocycles. The third kappa shape index (κ3) is 1.82. The first kappa shape index (κ1) is 13.8. The van der Waals surface area contributed by atoms with E-state index in [0.29, 0.717) is 18.4 Å². The summed E-state index contributed by atoms with van der Waals surface area (Å²) in [7, 11) is 0. The van der Waals surface area contributed by atoms with Gasteiger partial charge in [-0.15, -0.1) is 0 Å². The van der Waals surface area contributed by atoms with E-state index < -0.39 is 32.1 Å². The second-order valence-corrected chi connectivity index (χ2v) is 8.86. The molecule has 0 N–H and O–H groups in total. The summed E-state index contributed by atoms with van der Waals surface area (Å²) >= 11 is -0.747. The quantitative estimate of drug-likeness (QED) is 0.412. The zero-order chi connectivity index (χ0) is 14.0. The minimum atomic E-state index is -0.936. The SMILES string of the molecule is C=IC(=O)C1(C)COC2(OO1)C1CC3CC(C1)CC2C3. The highest BCUT2D eigenvalue weighted by Crippen LogP contribution is 2.61. The van der Waals surface area contributed by atoms with E-state index in [1.165, 1.54) is 32.1 Å². The van der Waals surface area contributed by atoms with Crippen molar-refractivity contribution in [2.75, 3.05) is 6.61 Å². The molecule has 1 saturated heterocycles. The van der Waals surface area contributed by atoms with Crippen molar-refractivity contribution in [3.63, 3.8) is 0 Å². The highest BCUT2D eigenvalue weighted by atomic mass is 127. The van der Waals surface area contributed by atoms with E-state index in [4.69, 9.17) is 14.5 Å². The Morgan fingerprint density at radius 2 is 1.70 bits per heavy atom. The topological polar surface area (TPSA) is 44.8 Å². The molecule has 5 fully saturated rings. The first-order valence-corrected chi connectivity index (χ1v) is 10.1. The third-order valence-corrected chi connectivity index (χ3v) is 7.58. The molecule has 20 heavy (non-hydrogen) atoms. The van der Waals surface area contributed by atoms with Crippen LogP contribution in [-0.4, -0.2) is 26.3 Å². The first-order chi connectivity index (χ1) is 9.56. The number of halogens is 1. The minimum Gasteiger partial charge on any atom is -0.343 e. The second kappa shape index (κ2) is 4.57. The summed E-state index contributed by atoms with van der Waals surface area (Å²) in [6.07, 6.45) is 6.19. The van der Waals surface area contributed by atoms with Crippen molar-refractivity contribution in [1.82, 2.24) is 0 Å². The van der Waals surface area contributed by atoms with Crippen molar-refractivity contribution in [2.24, 2.45) is 23.7 Å². The summed E-state index contributed by atoms with van der Waals surface area (Å²) < 4.78 is 10.0. The van der Waals surface area contributed by atoms with Gasteiger partial charge in [0.15, 0.2) is 5.60 Å². The minimum absolute atomic E-state index is 0.0509. The van der Waals surface area contributed by atoms with Crippen molar-refractivity contribution >= 4 is 29.0 Å². The molecular formula is C15H21IO4. The van der Waals surface area contributed by atoms with Gasteiger partial charge in [-0.3, -0.25) is 4.79 Å². The van der Waals surface area contributed by atoms with Gasteiger partial charge in [-0.2, -0.15) is 4.89 Å². The van der Waals surface area contributed by atoms with Crippen LogP contribution in [0.15, 0.2) is 0 Å². The third-order valence-electron chi connectivity index (χ3n) is 5.74. The molecule has 1 atom stereocenters. The number of hydrogen-bond acceptors (Lipinski definition) is 4. The number of carbonyl (C=O) groups excluding carboxylic acids is 1. The summed E-state index contributed by atoms with van der Waals surface area (Å²) in [5.41, 5.74) is -0.936. The molecule has 0 aromatic carbocycles. The molecule has 112 valence electrons. The smallest absolute Gasteiger partial charge is 0.223 e. The van der Waals surface area contributed by atoms with Gasteiger partial charge in [-0.25, -0.2) is 4.89 Å². The van der Waals surface area contributed by atoms with Gasteiger partial charge in [0.25, 0.3) is 0 Å². The van der Waals surface area contributed by atoms with Crippen LogP contribution in [0, 0.1) is 23.7 Å². The molecule has 4 saturated carbocycles. The van der Waals surface area contributed by atoms with Gasteiger partial charge < -0.3 is 4.74 Å². The Bertz CT molecular complexity index is 423. The van der Waals surface area contributed by atoms with Gasteiger partial charge in [0.05, 0.1) is 6.61 Å². The fourth-order valence-corrected chi connectivity index (χ4v) is 5.95. The lowest BCUT2D eigenvalue weighted by molar-refractivity contribution is -0.534. The van der Waals surface area contributed by atoms with Crippen LogP contribution in [0.5, 0.6) is 0 Å². The predicted molar refractivity (Wildman–Crippen MR) is 82.5 cm³/mol. The van der Waals surface area contributed by atoms with Gasteiger partial charge in [-0.05, 0) is 71.6 Å². The lowest BCUT2D eigenvalue weighted by atomic mass is 9.53. The number of ether oxygens (including phenoxy) is 1. The van der Waals surface area contributed by atoms with Crippen molar-refractivity contribution in [3.8, 4) is 0 Å². The van der Waals surface area contributed by atoms with Gasteiger partial charge >= 0.3 is 0 Å². The molecule has 5 heteroatoms. The van der Waals surface area contributed by atoms with Gasteiger partial charge in [0, 0.05) is 11.8 Å². The van der Waals surface area contributed by atoms with Gasteiger partial charge in [0.2, 0.25) is 9.58 Å². The maximum Gasteiger partial charge on any atom is 0.223 e. The van der Waals surface area contributed by atoms with Gasteiger partial charge in [0.1, 0.15) is 0 Å². The highest BCUT2D eigenvalue weighted by molar-refractivity contribution is 14.2. The molecule has 4 nitrogen and oxygen atoms in total. The summed E-state index contributed by atoms with van der Waals surface area (Å²) in [4.78, 5) is 23.4. The molecule has 5 rings (SSSR count). The fourth-order valence-electron chi connectivity index (χ4n) is 4.90. The molecule has 4 bridgehead atoms. The predicted octanol–water partition coefficient (Wildman–Crippen LogP) is 2.81.